The molecule has 0 radical (unpaired) electrons. The maximum Gasteiger partial charge on any atom is 0.309 e. The van der Waals surface area contributed by atoms with Crippen LogP contribution in [0.5, 0.6) is 0 Å². The summed E-state index contributed by atoms with van der Waals surface area (Å²) in [5, 5.41) is 10.1. The van der Waals surface area contributed by atoms with Gasteiger partial charge in [-0.2, -0.15) is 0 Å². The Morgan fingerprint density at radius 1 is 1.24 bits per heavy atom. The van der Waals surface area contributed by atoms with Crippen molar-refractivity contribution in [2.24, 2.45) is 5.41 Å². The molecule has 4 nitrogen and oxygen atoms in total. The SMILES string of the molecule is Cc1cc(C2=C(/C=C/[C@@H]3C[C@@H](O)CC(=O)O3)C(C)(C)CC(O[Si](C)(C)C(C)(C)C)C2)ccc1F. The van der Waals surface area contributed by atoms with Crippen LogP contribution in [-0.4, -0.2) is 37.7 Å². The number of halogens is 1. The monoisotopic (exact) mass is 488 g/mol. The second-order valence-electron chi connectivity index (χ2n) is 12.1. The van der Waals surface area contributed by atoms with Gasteiger partial charge < -0.3 is 14.3 Å². The highest BCUT2D eigenvalue weighted by Crippen LogP contribution is 2.48. The molecule has 0 saturated carbocycles. The first-order valence-electron chi connectivity index (χ1n) is 12.3. The van der Waals surface area contributed by atoms with Crippen molar-refractivity contribution in [3.63, 3.8) is 0 Å². The topological polar surface area (TPSA) is 55.8 Å². The van der Waals surface area contributed by atoms with E-state index < -0.39 is 20.5 Å². The number of esters is 1. The van der Waals surface area contributed by atoms with E-state index in [1.807, 2.05) is 24.3 Å². The molecule has 1 aliphatic carbocycles. The second-order valence-corrected chi connectivity index (χ2v) is 16.9. The third kappa shape index (κ3) is 6.07. The molecule has 0 bridgehead atoms. The number of hydrogen-bond donors (Lipinski definition) is 1. The normalized spacial score (nSPS) is 26.2. The van der Waals surface area contributed by atoms with Gasteiger partial charge in [-0.1, -0.05) is 46.8 Å². The molecule has 1 aromatic carbocycles. The third-order valence-corrected chi connectivity index (χ3v) is 12.2. The van der Waals surface area contributed by atoms with E-state index in [1.54, 1.807) is 6.92 Å². The van der Waals surface area contributed by atoms with Crippen LogP contribution in [0.3, 0.4) is 0 Å². The number of rotatable bonds is 5. The minimum Gasteiger partial charge on any atom is -0.458 e. The molecule has 6 heteroatoms. The number of allylic oxidation sites excluding steroid dienone is 2. The molecule has 1 saturated heterocycles. The summed E-state index contributed by atoms with van der Waals surface area (Å²) in [6.07, 6.45) is 4.95. The molecule has 34 heavy (non-hydrogen) atoms. The van der Waals surface area contributed by atoms with E-state index in [1.165, 1.54) is 6.07 Å². The predicted molar refractivity (Wildman–Crippen MR) is 137 cm³/mol. The number of cyclic esters (lactones) is 1. The Kier molecular flexibility index (Phi) is 7.66. The molecule has 0 spiro atoms. The van der Waals surface area contributed by atoms with Crippen LogP contribution in [0.1, 0.15) is 71.4 Å². The average molecular weight is 489 g/mol. The Balaban J connectivity index is 2.02. The first kappa shape index (κ1) is 26.8. The van der Waals surface area contributed by atoms with Crippen LogP contribution in [0.2, 0.25) is 18.1 Å². The molecule has 3 rings (SSSR count). The smallest absolute Gasteiger partial charge is 0.309 e. The Hall–Kier alpha value is -1.76. The van der Waals surface area contributed by atoms with Crippen molar-refractivity contribution >= 4 is 19.9 Å². The summed E-state index contributed by atoms with van der Waals surface area (Å²) in [7, 11) is -1.97. The Labute approximate surface area is 205 Å². The fraction of sp³-hybridized carbons (Fsp3) is 0.607. The van der Waals surface area contributed by atoms with Gasteiger partial charge in [0.05, 0.1) is 12.5 Å². The summed E-state index contributed by atoms with van der Waals surface area (Å²) < 4.78 is 26.4. The summed E-state index contributed by atoms with van der Waals surface area (Å²) in [6, 6.07) is 5.29. The first-order valence-corrected chi connectivity index (χ1v) is 15.2. The quantitative estimate of drug-likeness (QED) is 0.369. The Morgan fingerprint density at radius 3 is 2.50 bits per heavy atom. The number of aliphatic hydroxyl groups is 1. The van der Waals surface area contributed by atoms with Crippen molar-refractivity contribution in [1.29, 1.82) is 0 Å². The summed E-state index contributed by atoms with van der Waals surface area (Å²) in [6.45, 7) is 17.5. The van der Waals surface area contributed by atoms with Gasteiger partial charge in [-0.15, -0.1) is 0 Å². The highest BCUT2D eigenvalue weighted by atomic mass is 28.4. The molecule has 1 unspecified atom stereocenters. The van der Waals surface area contributed by atoms with Crippen LogP contribution >= 0.6 is 0 Å². The fourth-order valence-corrected chi connectivity index (χ4v) is 6.09. The van der Waals surface area contributed by atoms with Crippen LogP contribution in [0.4, 0.5) is 4.39 Å². The molecule has 1 fully saturated rings. The van der Waals surface area contributed by atoms with Gasteiger partial charge in [-0.3, -0.25) is 4.79 Å². The van der Waals surface area contributed by atoms with Crippen LogP contribution in [0.15, 0.2) is 35.9 Å². The van der Waals surface area contributed by atoms with Crippen LogP contribution in [0.25, 0.3) is 5.57 Å². The molecule has 0 aromatic heterocycles. The average Bonchev–Trinajstić information content (AvgIpc) is 2.66. The Morgan fingerprint density at radius 2 is 1.91 bits per heavy atom. The van der Waals surface area contributed by atoms with Gasteiger partial charge >= 0.3 is 5.97 Å². The second kappa shape index (κ2) is 9.71. The largest absolute Gasteiger partial charge is 0.458 e. The lowest BCUT2D eigenvalue weighted by atomic mass is 9.69. The van der Waals surface area contributed by atoms with Crippen molar-refractivity contribution < 1.29 is 23.5 Å². The zero-order valence-corrected chi connectivity index (χ0v) is 23.0. The van der Waals surface area contributed by atoms with Crippen molar-refractivity contribution in [2.75, 3.05) is 0 Å². The number of carbonyl (C=O) groups excluding carboxylic acids is 1. The van der Waals surface area contributed by atoms with E-state index in [0.717, 1.165) is 29.6 Å². The summed E-state index contributed by atoms with van der Waals surface area (Å²) in [5.74, 6) is -0.587. The standard InChI is InChI=1S/C28H41FO4Si/c1-18-13-19(9-12-25(18)29)23-16-22(33-34(7,8)27(2,3)4)17-28(5,6)24(23)11-10-21-14-20(30)15-26(31)32-21/h9-13,20-22,30H,14-17H2,1-8H3/b11-10+/t20-,21-,22?/m1/s1. The minimum atomic E-state index is -1.97. The van der Waals surface area contributed by atoms with Gasteiger partial charge in [-0.25, -0.2) is 4.39 Å². The number of carbonyl (C=O) groups is 1. The minimum absolute atomic E-state index is 0.0467. The Bertz CT molecular complexity index is 987. The summed E-state index contributed by atoms with van der Waals surface area (Å²) in [4.78, 5) is 11.8. The summed E-state index contributed by atoms with van der Waals surface area (Å²) in [5.41, 5.74) is 3.70. The number of ether oxygens (including phenoxy) is 1. The molecule has 0 amide bonds. The van der Waals surface area contributed by atoms with Crippen molar-refractivity contribution in [3.8, 4) is 0 Å². The highest BCUT2D eigenvalue weighted by molar-refractivity contribution is 6.74. The van der Waals surface area contributed by atoms with E-state index in [4.69, 9.17) is 9.16 Å². The number of aliphatic hydroxyl groups excluding tert-OH is 1. The van der Waals surface area contributed by atoms with Gasteiger partial charge in [-0.05, 0) is 83.8 Å². The number of hydrogen-bond acceptors (Lipinski definition) is 4. The lowest BCUT2D eigenvalue weighted by molar-refractivity contribution is -0.156. The van der Waals surface area contributed by atoms with Crippen molar-refractivity contribution in [2.45, 2.75) is 104 Å². The maximum absolute atomic E-state index is 14.1. The van der Waals surface area contributed by atoms with Crippen LogP contribution < -0.4 is 0 Å². The van der Waals surface area contributed by atoms with Crippen LogP contribution in [-0.2, 0) is 14.0 Å². The van der Waals surface area contributed by atoms with Crippen molar-refractivity contribution in [1.82, 2.24) is 0 Å². The first-order chi connectivity index (χ1) is 15.6. The molecule has 1 N–H and O–H groups in total. The number of aryl methyl sites for hydroxylation is 1. The maximum atomic E-state index is 14.1. The van der Waals surface area contributed by atoms with E-state index >= 15 is 0 Å². The van der Waals surface area contributed by atoms with Gasteiger partial charge in [0, 0.05) is 12.5 Å². The van der Waals surface area contributed by atoms with Gasteiger partial charge in [0.15, 0.2) is 8.32 Å². The third-order valence-electron chi connectivity index (χ3n) is 7.66. The lowest BCUT2D eigenvalue weighted by Gasteiger charge is -2.45. The summed E-state index contributed by atoms with van der Waals surface area (Å²) >= 11 is 0. The zero-order valence-electron chi connectivity index (χ0n) is 22.0. The van der Waals surface area contributed by atoms with E-state index in [2.05, 4.69) is 47.7 Å². The molecule has 188 valence electrons. The highest BCUT2D eigenvalue weighted by Gasteiger charge is 2.43. The zero-order chi connectivity index (χ0) is 25.5. The van der Waals surface area contributed by atoms with Gasteiger partial charge in [0.2, 0.25) is 0 Å². The van der Waals surface area contributed by atoms with E-state index in [0.29, 0.717) is 12.0 Å². The van der Waals surface area contributed by atoms with Crippen molar-refractivity contribution in [3.05, 3.63) is 52.9 Å². The molecule has 3 atom stereocenters. The lowest BCUT2D eigenvalue weighted by Crippen LogP contribution is -2.46. The molecule has 1 aliphatic heterocycles. The van der Waals surface area contributed by atoms with Crippen LogP contribution in [0, 0.1) is 18.2 Å². The molecule has 1 heterocycles. The van der Waals surface area contributed by atoms with Gasteiger partial charge in [0.25, 0.3) is 0 Å². The van der Waals surface area contributed by atoms with Gasteiger partial charge in [0.1, 0.15) is 11.9 Å². The predicted octanol–water partition coefficient (Wildman–Crippen LogP) is 6.72. The molecule has 2 aliphatic rings. The van der Waals surface area contributed by atoms with E-state index in [9.17, 15) is 14.3 Å². The molecular formula is C28H41FO4Si. The fourth-order valence-electron chi connectivity index (χ4n) is 4.74. The van der Waals surface area contributed by atoms with E-state index in [-0.39, 0.29) is 34.8 Å². The number of benzene rings is 1. The molecular weight excluding hydrogens is 447 g/mol. The molecule has 1 aromatic rings.